The average Bonchev–Trinajstić information content (AvgIpc) is 2.61. The molecule has 0 bridgehead atoms. The van der Waals surface area contributed by atoms with E-state index in [0.717, 1.165) is 11.3 Å². The number of rotatable bonds is 5. The minimum Gasteiger partial charge on any atom is -0.489 e. The molecule has 0 unspecified atom stereocenters. The first-order valence-corrected chi connectivity index (χ1v) is 7.37. The van der Waals surface area contributed by atoms with E-state index in [0.29, 0.717) is 11.3 Å². The third-order valence-electron chi connectivity index (χ3n) is 3.33. The predicted octanol–water partition coefficient (Wildman–Crippen LogP) is 5.16. The first kappa shape index (κ1) is 15.0. The summed E-state index contributed by atoms with van der Waals surface area (Å²) in [4.78, 5) is 4.41. The van der Waals surface area contributed by atoms with Crippen LogP contribution in [0.4, 0.5) is 10.1 Å². The van der Waals surface area contributed by atoms with Crippen LogP contribution in [0, 0.1) is 5.82 Å². The molecule has 0 aliphatic carbocycles. The summed E-state index contributed by atoms with van der Waals surface area (Å²) in [6, 6.07) is 23.9. The molecule has 0 aliphatic heterocycles. The molecule has 0 radical (unpaired) electrons. The van der Waals surface area contributed by atoms with Gasteiger partial charge in [-0.05, 0) is 35.9 Å². The molecular formula is C20H16FNO. The van der Waals surface area contributed by atoms with Gasteiger partial charge in [-0.15, -0.1) is 0 Å². The Labute approximate surface area is 134 Å². The molecule has 3 heteroatoms. The van der Waals surface area contributed by atoms with Crippen molar-refractivity contribution in [1.29, 1.82) is 0 Å². The summed E-state index contributed by atoms with van der Waals surface area (Å²) in [5.41, 5.74) is 2.36. The summed E-state index contributed by atoms with van der Waals surface area (Å²) in [7, 11) is 0. The summed E-state index contributed by atoms with van der Waals surface area (Å²) in [5, 5.41) is 0. The van der Waals surface area contributed by atoms with Gasteiger partial charge in [0.2, 0.25) is 0 Å². The lowest BCUT2D eigenvalue weighted by atomic mass is 10.2. The van der Waals surface area contributed by atoms with E-state index in [1.165, 1.54) is 6.07 Å². The number of halogens is 1. The van der Waals surface area contributed by atoms with E-state index in [-0.39, 0.29) is 12.4 Å². The maximum Gasteiger partial charge on any atom is 0.129 e. The lowest BCUT2D eigenvalue weighted by Gasteiger charge is -2.07. The van der Waals surface area contributed by atoms with Crippen molar-refractivity contribution in [2.45, 2.75) is 6.61 Å². The van der Waals surface area contributed by atoms with E-state index < -0.39 is 0 Å². The Hall–Kier alpha value is -2.94. The first-order valence-electron chi connectivity index (χ1n) is 7.37. The van der Waals surface area contributed by atoms with Gasteiger partial charge in [0, 0.05) is 11.8 Å². The van der Waals surface area contributed by atoms with Crippen LogP contribution in [-0.2, 0) is 6.61 Å². The van der Waals surface area contributed by atoms with Crippen molar-refractivity contribution >= 4 is 11.9 Å². The Morgan fingerprint density at radius 2 is 1.65 bits per heavy atom. The highest BCUT2D eigenvalue weighted by Gasteiger charge is 2.02. The van der Waals surface area contributed by atoms with E-state index >= 15 is 0 Å². The van der Waals surface area contributed by atoms with Crippen LogP contribution < -0.4 is 4.74 Å². The van der Waals surface area contributed by atoms with E-state index in [4.69, 9.17) is 4.74 Å². The molecular weight excluding hydrogens is 289 g/mol. The van der Waals surface area contributed by atoms with Gasteiger partial charge in [0.05, 0.1) is 5.69 Å². The number of ether oxygens (including phenoxy) is 1. The highest BCUT2D eigenvalue weighted by atomic mass is 19.1. The van der Waals surface area contributed by atoms with Gasteiger partial charge in [-0.25, -0.2) is 4.39 Å². The third kappa shape index (κ3) is 4.27. The van der Waals surface area contributed by atoms with Crippen LogP contribution >= 0.6 is 0 Å². The Bertz CT molecular complexity index is 800. The maximum absolute atomic E-state index is 13.6. The second kappa shape index (κ2) is 7.36. The minimum atomic E-state index is -0.255. The van der Waals surface area contributed by atoms with Crippen LogP contribution in [0.3, 0.4) is 0 Å². The van der Waals surface area contributed by atoms with Gasteiger partial charge in [-0.2, -0.15) is 0 Å². The fourth-order valence-electron chi connectivity index (χ4n) is 2.12. The predicted molar refractivity (Wildman–Crippen MR) is 90.9 cm³/mol. The Morgan fingerprint density at radius 1 is 0.870 bits per heavy atom. The van der Waals surface area contributed by atoms with Crippen molar-refractivity contribution < 1.29 is 9.13 Å². The molecule has 114 valence electrons. The molecule has 0 aliphatic rings. The molecule has 0 saturated carbocycles. The van der Waals surface area contributed by atoms with Crippen LogP contribution in [0.15, 0.2) is 83.9 Å². The SMILES string of the molecule is Fc1ccccc1COc1cccc(C=Nc2ccccc2)c1. The summed E-state index contributed by atoms with van der Waals surface area (Å²) in [5.74, 6) is 0.430. The molecule has 0 fully saturated rings. The van der Waals surface area contributed by atoms with Gasteiger partial charge >= 0.3 is 0 Å². The minimum absolute atomic E-state index is 0.200. The fourth-order valence-corrected chi connectivity index (χ4v) is 2.12. The van der Waals surface area contributed by atoms with Crippen LogP contribution in [0.5, 0.6) is 5.75 Å². The van der Waals surface area contributed by atoms with Crippen molar-refractivity contribution in [1.82, 2.24) is 0 Å². The molecule has 2 nitrogen and oxygen atoms in total. The molecule has 0 amide bonds. The lowest BCUT2D eigenvalue weighted by molar-refractivity contribution is 0.300. The summed E-state index contributed by atoms with van der Waals surface area (Å²) >= 11 is 0. The molecule has 0 heterocycles. The molecule has 3 aromatic rings. The number of hydrogen-bond donors (Lipinski definition) is 0. The number of para-hydroxylation sites is 1. The summed E-state index contributed by atoms with van der Waals surface area (Å²) in [6.45, 7) is 0.200. The van der Waals surface area contributed by atoms with Crippen molar-refractivity contribution in [3.8, 4) is 5.75 Å². The molecule has 0 aromatic heterocycles. The quantitative estimate of drug-likeness (QED) is 0.597. The Kier molecular flexibility index (Phi) is 4.79. The molecule has 3 aromatic carbocycles. The third-order valence-corrected chi connectivity index (χ3v) is 3.33. The van der Waals surface area contributed by atoms with E-state index in [2.05, 4.69) is 4.99 Å². The monoisotopic (exact) mass is 305 g/mol. The molecule has 0 atom stereocenters. The van der Waals surface area contributed by atoms with E-state index in [9.17, 15) is 4.39 Å². The van der Waals surface area contributed by atoms with Crippen molar-refractivity contribution in [3.05, 3.63) is 95.8 Å². The Balaban J connectivity index is 1.68. The standard InChI is InChI=1S/C20H16FNO/c21-20-12-5-4-8-17(20)15-23-19-11-6-7-16(13-19)14-22-18-9-2-1-3-10-18/h1-14H,15H2. The smallest absolute Gasteiger partial charge is 0.129 e. The van der Waals surface area contributed by atoms with Crippen molar-refractivity contribution in [2.75, 3.05) is 0 Å². The normalized spacial score (nSPS) is 10.8. The highest BCUT2D eigenvalue weighted by Crippen LogP contribution is 2.16. The van der Waals surface area contributed by atoms with Crippen molar-refractivity contribution in [2.24, 2.45) is 4.99 Å². The Morgan fingerprint density at radius 3 is 2.48 bits per heavy atom. The molecule has 0 spiro atoms. The van der Waals surface area contributed by atoms with Gasteiger partial charge in [-0.3, -0.25) is 4.99 Å². The molecule has 0 N–H and O–H groups in total. The van der Waals surface area contributed by atoms with Gasteiger partial charge in [0.1, 0.15) is 18.2 Å². The fraction of sp³-hybridized carbons (Fsp3) is 0.0500. The van der Waals surface area contributed by atoms with Crippen LogP contribution in [0.2, 0.25) is 0 Å². The average molecular weight is 305 g/mol. The molecule has 23 heavy (non-hydrogen) atoms. The molecule has 0 saturated heterocycles. The summed E-state index contributed by atoms with van der Waals surface area (Å²) in [6.07, 6.45) is 1.78. The maximum atomic E-state index is 13.6. The topological polar surface area (TPSA) is 21.6 Å². The summed E-state index contributed by atoms with van der Waals surface area (Å²) < 4.78 is 19.2. The number of nitrogens with zero attached hydrogens (tertiary/aromatic N) is 1. The molecule has 3 rings (SSSR count). The van der Waals surface area contributed by atoms with Crippen molar-refractivity contribution in [3.63, 3.8) is 0 Å². The van der Waals surface area contributed by atoms with Gasteiger partial charge < -0.3 is 4.74 Å². The zero-order chi connectivity index (χ0) is 15.9. The number of aliphatic imine (C=N–C) groups is 1. The zero-order valence-corrected chi connectivity index (χ0v) is 12.5. The van der Waals surface area contributed by atoms with Crippen LogP contribution in [-0.4, -0.2) is 6.21 Å². The van der Waals surface area contributed by atoms with Gasteiger partial charge in [-0.1, -0.05) is 48.5 Å². The second-order valence-corrected chi connectivity index (χ2v) is 5.05. The van der Waals surface area contributed by atoms with E-state index in [1.54, 1.807) is 24.4 Å². The number of hydrogen-bond acceptors (Lipinski definition) is 2. The van der Waals surface area contributed by atoms with Gasteiger partial charge in [0.15, 0.2) is 0 Å². The lowest BCUT2D eigenvalue weighted by Crippen LogP contribution is -1.98. The zero-order valence-electron chi connectivity index (χ0n) is 12.5. The number of benzene rings is 3. The van der Waals surface area contributed by atoms with Crippen LogP contribution in [0.25, 0.3) is 0 Å². The van der Waals surface area contributed by atoms with Crippen LogP contribution in [0.1, 0.15) is 11.1 Å². The van der Waals surface area contributed by atoms with Gasteiger partial charge in [0.25, 0.3) is 0 Å². The highest BCUT2D eigenvalue weighted by molar-refractivity contribution is 5.82. The largest absolute Gasteiger partial charge is 0.489 e. The second-order valence-electron chi connectivity index (χ2n) is 5.05. The van der Waals surface area contributed by atoms with E-state index in [1.807, 2.05) is 54.6 Å². The first-order chi connectivity index (χ1) is 11.3.